The minimum atomic E-state index is -0.247. The SMILES string of the molecule is COc1ccc(F)cc1CN1CCN(CC(=O)NCCCc2ccccc2)CC1. The average molecular weight is 400 g/mol. The first-order valence-corrected chi connectivity index (χ1v) is 10.2. The predicted octanol–water partition coefficient (Wildman–Crippen LogP) is 2.70. The van der Waals surface area contributed by atoms with Crippen molar-refractivity contribution in [2.75, 3.05) is 46.4 Å². The standard InChI is InChI=1S/C23H30FN3O2/c1-29-22-10-9-21(24)16-20(22)17-26-12-14-27(15-13-26)18-23(28)25-11-5-8-19-6-3-2-4-7-19/h2-4,6-7,9-10,16H,5,8,11-15,17-18H2,1H3,(H,25,28). The van der Waals surface area contributed by atoms with Crippen molar-refractivity contribution in [2.45, 2.75) is 19.4 Å². The van der Waals surface area contributed by atoms with Crippen LogP contribution in [-0.4, -0.2) is 62.1 Å². The molecule has 2 aromatic rings. The minimum Gasteiger partial charge on any atom is -0.496 e. The molecule has 1 aliphatic heterocycles. The number of benzene rings is 2. The van der Waals surface area contributed by atoms with Crippen LogP contribution < -0.4 is 10.1 Å². The van der Waals surface area contributed by atoms with E-state index in [2.05, 4.69) is 27.2 Å². The summed E-state index contributed by atoms with van der Waals surface area (Å²) in [7, 11) is 1.60. The zero-order valence-electron chi connectivity index (χ0n) is 17.1. The molecule has 3 rings (SSSR count). The molecular formula is C23H30FN3O2. The smallest absolute Gasteiger partial charge is 0.234 e. The van der Waals surface area contributed by atoms with Crippen molar-refractivity contribution in [2.24, 2.45) is 0 Å². The molecule has 29 heavy (non-hydrogen) atoms. The summed E-state index contributed by atoms with van der Waals surface area (Å²) in [5.74, 6) is 0.547. The van der Waals surface area contributed by atoms with Gasteiger partial charge in [0.15, 0.2) is 0 Å². The highest BCUT2D eigenvalue weighted by molar-refractivity contribution is 5.77. The van der Waals surface area contributed by atoms with Crippen LogP contribution in [-0.2, 0) is 17.8 Å². The molecule has 156 valence electrons. The van der Waals surface area contributed by atoms with Crippen LogP contribution in [0.5, 0.6) is 5.75 Å². The van der Waals surface area contributed by atoms with Gasteiger partial charge in [0.25, 0.3) is 0 Å². The summed E-state index contributed by atoms with van der Waals surface area (Å²) in [5, 5.41) is 3.02. The zero-order chi connectivity index (χ0) is 20.5. The molecule has 0 saturated carbocycles. The van der Waals surface area contributed by atoms with E-state index < -0.39 is 0 Å². The molecule has 0 atom stereocenters. The second-order valence-corrected chi connectivity index (χ2v) is 7.45. The van der Waals surface area contributed by atoms with Gasteiger partial charge in [-0.25, -0.2) is 4.39 Å². The van der Waals surface area contributed by atoms with Crippen molar-refractivity contribution in [1.82, 2.24) is 15.1 Å². The number of piperazine rings is 1. The number of rotatable bonds is 9. The van der Waals surface area contributed by atoms with Crippen LogP contribution in [0.15, 0.2) is 48.5 Å². The molecule has 0 radical (unpaired) electrons. The Morgan fingerprint density at radius 3 is 2.52 bits per heavy atom. The summed E-state index contributed by atoms with van der Waals surface area (Å²) in [5.41, 5.74) is 2.16. The van der Waals surface area contributed by atoms with E-state index in [1.807, 2.05) is 18.2 Å². The van der Waals surface area contributed by atoms with Crippen LogP contribution in [0.25, 0.3) is 0 Å². The van der Waals surface area contributed by atoms with Gasteiger partial charge in [-0.15, -0.1) is 0 Å². The van der Waals surface area contributed by atoms with Crippen molar-refractivity contribution in [1.29, 1.82) is 0 Å². The molecule has 1 N–H and O–H groups in total. The fourth-order valence-electron chi connectivity index (χ4n) is 3.64. The number of hydrogen-bond donors (Lipinski definition) is 1. The zero-order valence-corrected chi connectivity index (χ0v) is 17.1. The molecule has 0 aliphatic carbocycles. The molecule has 1 heterocycles. The molecule has 6 heteroatoms. The summed E-state index contributed by atoms with van der Waals surface area (Å²) < 4.78 is 18.9. The van der Waals surface area contributed by atoms with Gasteiger partial charge < -0.3 is 10.1 Å². The Morgan fingerprint density at radius 2 is 1.79 bits per heavy atom. The van der Waals surface area contributed by atoms with Crippen LogP contribution in [0.2, 0.25) is 0 Å². The number of aryl methyl sites for hydroxylation is 1. The third kappa shape index (κ3) is 6.84. The van der Waals surface area contributed by atoms with Gasteiger partial charge >= 0.3 is 0 Å². The number of nitrogens with one attached hydrogen (secondary N) is 1. The number of methoxy groups -OCH3 is 1. The van der Waals surface area contributed by atoms with E-state index in [-0.39, 0.29) is 11.7 Å². The Bertz CT molecular complexity index is 777. The highest BCUT2D eigenvalue weighted by Gasteiger charge is 2.20. The molecule has 1 amide bonds. The summed E-state index contributed by atoms with van der Waals surface area (Å²) in [6, 6.07) is 14.9. The van der Waals surface area contributed by atoms with E-state index in [0.717, 1.165) is 44.6 Å². The molecule has 0 aromatic heterocycles. The van der Waals surface area contributed by atoms with Crippen LogP contribution in [0.3, 0.4) is 0 Å². The van der Waals surface area contributed by atoms with Gasteiger partial charge in [-0.05, 0) is 36.6 Å². The topological polar surface area (TPSA) is 44.8 Å². The van der Waals surface area contributed by atoms with Gasteiger partial charge in [-0.1, -0.05) is 30.3 Å². The van der Waals surface area contributed by atoms with Gasteiger partial charge in [0, 0.05) is 44.8 Å². The fourth-order valence-corrected chi connectivity index (χ4v) is 3.64. The summed E-state index contributed by atoms with van der Waals surface area (Å²) in [6.07, 6.45) is 1.92. The van der Waals surface area contributed by atoms with E-state index in [1.165, 1.54) is 17.7 Å². The maximum atomic E-state index is 13.5. The van der Waals surface area contributed by atoms with E-state index in [4.69, 9.17) is 4.74 Å². The molecule has 2 aromatic carbocycles. The van der Waals surface area contributed by atoms with Crippen molar-refractivity contribution in [3.05, 3.63) is 65.5 Å². The molecule has 0 unspecified atom stereocenters. The van der Waals surface area contributed by atoms with E-state index in [0.29, 0.717) is 25.4 Å². The Balaban J connectivity index is 1.34. The van der Waals surface area contributed by atoms with E-state index in [1.54, 1.807) is 13.2 Å². The number of carbonyl (C=O) groups excluding carboxylic acids is 1. The molecule has 0 bridgehead atoms. The molecule has 1 saturated heterocycles. The van der Waals surface area contributed by atoms with Gasteiger partial charge in [0.1, 0.15) is 11.6 Å². The van der Waals surface area contributed by atoms with E-state index >= 15 is 0 Å². The highest BCUT2D eigenvalue weighted by atomic mass is 19.1. The van der Waals surface area contributed by atoms with Gasteiger partial charge in [-0.2, -0.15) is 0 Å². The van der Waals surface area contributed by atoms with Crippen LogP contribution in [0, 0.1) is 5.82 Å². The third-order valence-corrected chi connectivity index (χ3v) is 5.28. The number of carbonyl (C=O) groups is 1. The molecule has 1 fully saturated rings. The van der Waals surface area contributed by atoms with Crippen LogP contribution >= 0.6 is 0 Å². The number of halogens is 1. The summed E-state index contributed by atoms with van der Waals surface area (Å²) >= 11 is 0. The monoisotopic (exact) mass is 399 g/mol. The first-order chi connectivity index (χ1) is 14.1. The highest BCUT2D eigenvalue weighted by Crippen LogP contribution is 2.21. The predicted molar refractivity (Wildman–Crippen MR) is 112 cm³/mol. The second-order valence-electron chi connectivity index (χ2n) is 7.45. The summed E-state index contributed by atoms with van der Waals surface area (Å²) in [6.45, 7) is 5.14. The lowest BCUT2D eigenvalue weighted by Crippen LogP contribution is -2.49. The number of nitrogens with zero attached hydrogens (tertiary/aromatic N) is 2. The largest absolute Gasteiger partial charge is 0.496 e. The van der Waals surface area contributed by atoms with Crippen LogP contribution in [0.4, 0.5) is 4.39 Å². The maximum Gasteiger partial charge on any atom is 0.234 e. The molecule has 0 spiro atoms. The Kier molecular flexibility index (Phi) is 8.02. The minimum absolute atomic E-state index is 0.0818. The Labute approximate surface area is 172 Å². The maximum absolute atomic E-state index is 13.5. The molecular weight excluding hydrogens is 369 g/mol. The van der Waals surface area contributed by atoms with Crippen molar-refractivity contribution in [3.63, 3.8) is 0 Å². The normalized spacial score (nSPS) is 15.2. The van der Waals surface area contributed by atoms with Gasteiger partial charge in [0.05, 0.1) is 13.7 Å². The Hall–Kier alpha value is -2.44. The first-order valence-electron chi connectivity index (χ1n) is 10.2. The lowest BCUT2D eigenvalue weighted by molar-refractivity contribution is -0.122. The van der Waals surface area contributed by atoms with E-state index in [9.17, 15) is 9.18 Å². The number of ether oxygens (including phenoxy) is 1. The quantitative estimate of drug-likeness (QED) is 0.659. The Morgan fingerprint density at radius 1 is 1.07 bits per heavy atom. The van der Waals surface area contributed by atoms with Crippen molar-refractivity contribution < 1.29 is 13.9 Å². The average Bonchev–Trinajstić information content (AvgIpc) is 2.74. The van der Waals surface area contributed by atoms with Crippen molar-refractivity contribution in [3.8, 4) is 5.75 Å². The molecule has 5 nitrogen and oxygen atoms in total. The number of hydrogen-bond acceptors (Lipinski definition) is 4. The van der Waals surface area contributed by atoms with Gasteiger partial charge in [-0.3, -0.25) is 14.6 Å². The lowest BCUT2D eigenvalue weighted by Gasteiger charge is -2.34. The first kappa shape index (κ1) is 21.3. The second kappa shape index (κ2) is 10.9. The molecule has 1 aliphatic rings. The van der Waals surface area contributed by atoms with Crippen LogP contribution in [0.1, 0.15) is 17.5 Å². The lowest BCUT2D eigenvalue weighted by atomic mass is 10.1. The third-order valence-electron chi connectivity index (χ3n) is 5.28. The summed E-state index contributed by atoms with van der Waals surface area (Å²) in [4.78, 5) is 16.6. The van der Waals surface area contributed by atoms with Crippen molar-refractivity contribution >= 4 is 5.91 Å². The fraction of sp³-hybridized carbons (Fsp3) is 0.435. The van der Waals surface area contributed by atoms with Gasteiger partial charge in [0.2, 0.25) is 5.91 Å². The number of amides is 1.